The Hall–Kier alpha value is -1.36. The monoisotopic (exact) mass is 224 g/mol. The number of carbonyl (C=O) groups is 1. The minimum Gasteiger partial charge on any atom is -0.481 e. The van der Waals surface area contributed by atoms with Gasteiger partial charge in [-0.15, -0.1) is 0 Å². The van der Waals surface area contributed by atoms with Gasteiger partial charge in [0.2, 0.25) is 5.89 Å². The van der Waals surface area contributed by atoms with Gasteiger partial charge in [0.15, 0.2) is 0 Å². The fourth-order valence-electron chi connectivity index (χ4n) is 2.10. The Bertz CT molecular complexity index is 375. The third-order valence-electron chi connectivity index (χ3n) is 2.96. The molecule has 0 saturated carbocycles. The summed E-state index contributed by atoms with van der Waals surface area (Å²) in [7, 11) is 2.05. The van der Waals surface area contributed by atoms with Crippen molar-refractivity contribution < 1.29 is 14.3 Å². The van der Waals surface area contributed by atoms with Crippen molar-refractivity contribution in [3.63, 3.8) is 0 Å². The molecule has 1 saturated heterocycles. The fraction of sp³-hybridized carbons (Fsp3) is 0.636. The first-order valence-corrected chi connectivity index (χ1v) is 5.53. The molecular formula is C11H16N2O3. The summed E-state index contributed by atoms with van der Waals surface area (Å²) in [6.45, 7) is 1.04. The van der Waals surface area contributed by atoms with Crippen LogP contribution in [-0.4, -0.2) is 34.6 Å². The molecular weight excluding hydrogens is 208 g/mol. The van der Waals surface area contributed by atoms with Gasteiger partial charge in [0.25, 0.3) is 0 Å². The second kappa shape index (κ2) is 4.65. The molecule has 1 fully saturated rings. The van der Waals surface area contributed by atoms with Gasteiger partial charge in [-0.1, -0.05) is 6.42 Å². The van der Waals surface area contributed by atoms with Gasteiger partial charge in [0.05, 0.1) is 18.2 Å². The van der Waals surface area contributed by atoms with Crippen molar-refractivity contribution in [3.8, 4) is 0 Å². The number of hydrogen-bond donors (Lipinski definition) is 1. The van der Waals surface area contributed by atoms with Gasteiger partial charge in [-0.2, -0.15) is 0 Å². The van der Waals surface area contributed by atoms with E-state index in [1.165, 1.54) is 19.1 Å². The van der Waals surface area contributed by atoms with E-state index in [0.29, 0.717) is 11.6 Å². The minimum absolute atomic E-state index is 0.0695. The summed E-state index contributed by atoms with van der Waals surface area (Å²) in [4.78, 5) is 17.0. The third kappa shape index (κ3) is 2.41. The largest absolute Gasteiger partial charge is 0.481 e. The lowest BCUT2D eigenvalue weighted by molar-refractivity contribution is -0.136. The Labute approximate surface area is 94.1 Å². The molecule has 5 nitrogen and oxygen atoms in total. The Kier molecular flexibility index (Phi) is 3.24. The van der Waals surface area contributed by atoms with E-state index in [1.807, 2.05) is 7.05 Å². The predicted octanol–water partition coefficient (Wildman–Crippen LogP) is 1.46. The summed E-state index contributed by atoms with van der Waals surface area (Å²) in [5.41, 5.74) is 0.501. The highest BCUT2D eigenvalue weighted by molar-refractivity contribution is 5.69. The second-order valence-electron chi connectivity index (χ2n) is 4.24. The molecule has 88 valence electrons. The molecule has 1 N–H and O–H groups in total. The summed E-state index contributed by atoms with van der Waals surface area (Å²) in [5.74, 6) is -0.227. The molecule has 0 spiro atoms. The van der Waals surface area contributed by atoms with Crippen LogP contribution in [0.25, 0.3) is 0 Å². The Morgan fingerprint density at radius 2 is 2.50 bits per heavy atom. The first-order chi connectivity index (χ1) is 7.66. The van der Waals surface area contributed by atoms with Crippen molar-refractivity contribution in [2.45, 2.75) is 31.7 Å². The van der Waals surface area contributed by atoms with Gasteiger partial charge in [-0.05, 0) is 26.4 Å². The number of hydrogen-bond acceptors (Lipinski definition) is 4. The molecule has 16 heavy (non-hydrogen) atoms. The molecule has 0 amide bonds. The summed E-state index contributed by atoms with van der Waals surface area (Å²) in [5, 5.41) is 8.65. The van der Waals surface area contributed by atoms with Crippen LogP contribution in [0.3, 0.4) is 0 Å². The first-order valence-electron chi connectivity index (χ1n) is 5.53. The Balaban J connectivity index is 2.08. The van der Waals surface area contributed by atoms with Crippen LogP contribution in [-0.2, 0) is 11.2 Å². The summed E-state index contributed by atoms with van der Waals surface area (Å²) >= 11 is 0. The number of likely N-dealkylation sites (tertiary alicyclic amines) is 1. The van der Waals surface area contributed by atoms with E-state index in [0.717, 1.165) is 13.0 Å². The zero-order valence-corrected chi connectivity index (χ0v) is 9.35. The normalized spacial score (nSPS) is 22.2. The lowest BCUT2D eigenvalue weighted by Gasteiger charge is -2.29. The van der Waals surface area contributed by atoms with E-state index < -0.39 is 5.97 Å². The SMILES string of the molecule is CN1CCCCC1c1nc(CC(=O)O)co1. The van der Waals surface area contributed by atoms with Crippen molar-refractivity contribution in [2.24, 2.45) is 0 Å². The molecule has 0 aromatic carbocycles. The topological polar surface area (TPSA) is 66.6 Å². The maximum atomic E-state index is 10.5. The van der Waals surface area contributed by atoms with Crippen LogP contribution in [0.1, 0.15) is 36.9 Å². The number of aromatic nitrogens is 1. The lowest BCUT2D eigenvalue weighted by atomic mass is 10.0. The lowest BCUT2D eigenvalue weighted by Crippen LogP contribution is -2.29. The molecule has 0 bridgehead atoms. The molecule has 0 radical (unpaired) electrons. The summed E-state index contributed by atoms with van der Waals surface area (Å²) < 4.78 is 5.36. The zero-order chi connectivity index (χ0) is 11.5. The number of oxazole rings is 1. The van der Waals surface area contributed by atoms with Gasteiger partial charge in [0, 0.05) is 0 Å². The standard InChI is InChI=1S/C11H16N2O3/c1-13-5-3-2-4-9(13)11-12-8(7-16-11)6-10(14)15/h7,9H,2-6H2,1H3,(H,14,15). The molecule has 1 unspecified atom stereocenters. The van der Waals surface area contributed by atoms with Crippen LogP contribution in [0.5, 0.6) is 0 Å². The van der Waals surface area contributed by atoms with Gasteiger partial charge in [0.1, 0.15) is 6.26 Å². The van der Waals surface area contributed by atoms with Gasteiger partial charge >= 0.3 is 5.97 Å². The number of aliphatic carboxylic acids is 1. The minimum atomic E-state index is -0.878. The molecule has 1 aromatic rings. The van der Waals surface area contributed by atoms with Crippen LogP contribution >= 0.6 is 0 Å². The van der Waals surface area contributed by atoms with Crippen LogP contribution in [0.2, 0.25) is 0 Å². The first kappa shape index (κ1) is 11.1. The maximum absolute atomic E-state index is 10.5. The molecule has 0 aliphatic carbocycles. The second-order valence-corrected chi connectivity index (χ2v) is 4.24. The van der Waals surface area contributed by atoms with Crippen molar-refractivity contribution >= 4 is 5.97 Å². The van der Waals surface area contributed by atoms with Gasteiger partial charge in [-0.25, -0.2) is 4.98 Å². The number of piperidine rings is 1. The highest BCUT2D eigenvalue weighted by Gasteiger charge is 2.25. The van der Waals surface area contributed by atoms with Gasteiger partial charge in [-0.3, -0.25) is 9.69 Å². The molecule has 1 aromatic heterocycles. The molecule has 1 aliphatic rings. The molecule has 1 aliphatic heterocycles. The van der Waals surface area contributed by atoms with E-state index in [2.05, 4.69) is 9.88 Å². The van der Waals surface area contributed by atoms with Gasteiger partial charge < -0.3 is 9.52 Å². The average molecular weight is 224 g/mol. The quantitative estimate of drug-likeness (QED) is 0.841. The maximum Gasteiger partial charge on any atom is 0.309 e. The number of nitrogens with zero attached hydrogens (tertiary/aromatic N) is 2. The smallest absolute Gasteiger partial charge is 0.309 e. The van der Waals surface area contributed by atoms with Crippen molar-refractivity contribution in [2.75, 3.05) is 13.6 Å². The highest BCUT2D eigenvalue weighted by atomic mass is 16.4. The Morgan fingerprint density at radius 1 is 1.69 bits per heavy atom. The average Bonchev–Trinajstić information content (AvgIpc) is 2.66. The van der Waals surface area contributed by atoms with Crippen LogP contribution in [0.15, 0.2) is 10.7 Å². The van der Waals surface area contributed by atoms with Crippen molar-refractivity contribution in [1.29, 1.82) is 0 Å². The van der Waals surface area contributed by atoms with Crippen LogP contribution in [0.4, 0.5) is 0 Å². The molecule has 1 atom stereocenters. The highest BCUT2D eigenvalue weighted by Crippen LogP contribution is 2.28. The predicted molar refractivity (Wildman–Crippen MR) is 57.1 cm³/mol. The number of carboxylic acids is 1. The van der Waals surface area contributed by atoms with E-state index in [-0.39, 0.29) is 12.5 Å². The Morgan fingerprint density at radius 3 is 3.19 bits per heavy atom. The van der Waals surface area contributed by atoms with E-state index in [9.17, 15) is 4.79 Å². The van der Waals surface area contributed by atoms with E-state index in [1.54, 1.807) is 0 Å². The van der Waals surface area contributed by atoms with E-state index in [4.69, 9.17) is 9.52 Å². The van der Waals surface area contributed by atoms with Crippen LogP contribution < -0.4 is 0 Å². The zero-order valence-electron chi connectivity index (χ0n) is 9.35. The van der Waals surface area contributed by atoms with Crippen molar-refractivity contribution in [1.82, 2.24) is 9.88 Å². The fourth-order valence-corrected chi connectivity index (χ4v) is 2.10. The molecule has 2 rings (SSSR count). The van der Waals surface area contributed by atoms with Crippen LogP contribution in [0, 0.1) is 0 Å². The third-order valence-corrected chi connectivity index (χ3v) is 2.96. The molecule has 2 heterocycles. The summed E-state index contributed by atoms with van der Waals surface area (Å²) in [6.07, 6.45) is 4.79. The van der Waals surface area contributed by atoms with Crippen molar-refractivity contribution in [3.05, 3.63) is 17.8 Å². The number of rotatable bonds is 3. The van der Waals surface area contributed by atoms with E-state index >= 15 is 0 Å². The number of carboxylic acid groups (broad SMARTS) is 1. The molecule has 5 heteroatoms. The summed E-state index contributed by atoms with van der Waals surface area (Å²) in [6, 6.07) is 0.205.